The molecule has 15 heavy (non-hydrogen) atoms. The summed E-state index contributed by atoms with van der Waals surface area (Å²) < 4.78 is 10.9. The van der Waals surface area contributed by atoms with E-state index in [1.165, 1.54) is 6.66 Å². The van der Waals surface area contributed by atoms with Crippen molar-refractivity contribution in [1.82, 2.24) is 10.6 Å². The lowest BCUT2D eigenvalue weighted by Gasteiger charge is -2.10. The van der Waals surface area contributed by atoms with Gasteiger partial charge in [-0.25, -0.2) is 4.79 Å². The molecule has 0 fully saturated rings. The van der Waals surface area contributed by atoms with Crippen LogP contribution in [0.5, 0.6) is 0 Å². The molecule has 0 saturated carbocycles. The monoisotopic (exact) mass is 236 g/mol. The molecular weight excluding hydrogens is 215 g/mol. The first-order valence-electron chi connectivity index (χ1n) is 5.15. The van der Waals surface area contributed by atoms with Crippen molar-refractivity contribution in [2.75, 3.05) is 19.4 Å². The number of hydrogen-bond acceptors (Lipinski definition) is 2. The zero-order chi connectivity index (χ0) is 11.9. The van der Waals surface area contributed by atoms with Crippen molar-refractivity contribution in [2.24, 2.45) is 0 Å². The summed E-state index contributed by atoms with van der Waals surface area (Å²) in [5, 5.41) is 5.37. The van der Waals surface area contributed by atoms with E-state index in [1.807, 2.05) is 13.8 Å². The van der Waals surface area contributed by atoms with Gasteiger partial charge in [-0.15, -0.1) is 0 Å². The molecule has 0 radical (unpaired) electrons. The van der Waals surface area contributed by atoms with Crippen LogP contribution in [0.4, 0.5) is 4.79 Å². The quantitative estimate of drug-likeness (QED) is 0.481. The summed E-state index contributed by atoms with van der Waals surface area (Å²) in [7, 11) is -2.88. The largest absolute Gasteiger partial charge is 0.344 e. The van der Waals surface area contributed by atoms with Crippen molar-refractivity contribution in [2.45, 2.75) is 32.7 Å². The van der Waals surface area contributed by atoms with Crippen molar-refractivity contribution in [1.29, 1.82) is 0 Å². The summed E-state index contributed by atoms with van der Waals surface area (Å²) in [6.07, 6.45) is 1.70. The molecule has 0 spiro atoms. The minimum absolute atomic E-state index is 0.123. The molecule has 2 amide bonds. The molecule has 90 valence electrons. The fourth-order valence-corrected chi connectivity index (χ4v) is 1.86. The number of amides is 2. The SMILES string of the molecule is CC(C)NC(=O)NCCCCP(C)(=O)O. The second kappa shape index (κ2) is 6.85. The van der Waals surface area contributed by atoms with Crippen molar-refractivity contribution >= 4 is 13.4 Å². The number of rotatable bonds is 6. The van der Waals surface area contributed by atoms with Gasteiger partial charge in [0.1, 0.15) is 0 Å². The first kappa shape index (κ1) is 14.5. The summed E-state index contributed by atoms with van der Waals surface area (Å²) in [5.41, 5.74) is 0. The minimum Gasteiger partial charge on any atom is -0.344 e. The van der Waals surface area contributed by atoms with Crippen molar-refractivity contribution in [3.05, 3.63) is 0 Å². The summed E-state index contributed by atoms with van der Waals surface area (Å²) in [6.45, 7) is 5.67. The Morgan fingerprint density at radius 2 is 2.00 bits per heavy atom. The molecule has 0 saturated heterocycles. The molecule has 0 rings (SSSR count). The maximum atomic E-state index is 11.1. The predicted octanol–water partition coefficient (Wildman–Crippen LogP) is 1.37. The van der Waals surface area contributed by atoms with Gasteiger partial charge >= 0.3 is 6.03 Å². The highest BCUT2D eigenvalue weighted by Crippen LogP contribution is 2.35. The molecule has 0 aromatic carbocycles. The number of unbranched alkanes of at least 4 members (excludes halogenated alkanes) is 1. The highest BCUT2D eigenvalue weighted by atomic mass is 31.2. The summed E-state index contributed by atoms with van der Waals surface area (Å²) >= 11 is 0. The van der Waals surface area contributed by atoms with Gasteiger partial charge in [0, 0.05) is 25.4 Å². The zero-order valence-corrected chi connectivity index (χ0v) is 10.5. The van der Waals surface area contributed by atoms with Crippen LogP contribution >= 0.6 is 7.37 Å². The van der Waals surface area contributed by atoms with Gasteiger partial charge in [-0.3, -0.25) is 4.57 Å². The Kier molecular flexibility index (Phi) is 6.61. The van der Waals surface area contributed by atoms with Gasteiger partial charge in [-0.1, -0.05) is 0 Å². The number of urea groups is 1. The lowest BCUT2D eigenvalue weighted by atomic mass is 10.3. The van der Waals surface area contributed by atoms with Crippen LogP contribution in [0.2, 0.25) is 0 Å². The first-order chi connectivity index (χ1) is 6.81. The van der Waals surface area contributed by atoms with Crippen LogP contribution in [-0.2, 0) is 4.57 Å². The molecule has 0 aromatic rings. The minimum atomic E-state index is -2.88. The molecule has 5 nitrogen and oxygen atoms in total. The van der Waals surface area contributed by atoms with E-state index in [0.717, 1.165) is 6.42 Å². The van der Waals surface area contributed by atoms with Crippen LogP contribution in [0.1, 0.15) is 26.7 Å². The Balaban J connectivity index is 3.39. The fourth-order valence-electron chi connectivity index (χ4n) is 1.05. The Morgan fingerprint density at radius 1 is 1.40 bits per heavy atom. The van der Waals surface area contributed by atoms with E-state index in [1.54, 1.807) is 0 Å². The van der Waals surface area contributed by atoms with E-state index in [4.69, 9.17) is 4.89 Å². The van der Waals surface area contributed by atoms with Gasteiger partial charge in [0.25, 0.3) is 0 Å². The van der Waals surface area contributed by atoms with Crippen molar-refractivity contribution < 1.29 is 14.3 Å². The van der Waals surface area contributed by atoms with E-state index in [9.17, 15) is 9.36 Å². The van der Waals surface area contributed by atoms with Crippen LogP contribution in [0.25, 0.3) is 0 Å². The number of carbonyl (C=O) groups excluding carboxylic acids is 1. The highest BCUT2D eigenvalue weighted by molar-refractivity contribution is 7.57. The Hall–Kier alpha value is -0.540. The molecule has 3 N–H and O–H groups in total. The lowest BCUT2D eigenvalue weighted by molar-refractivity contribution is 0.238. The van der Waals surface area contributed by atoms with Gasteiger partial charge in [-0.05, 0) is 26.7 Å². The smallest absolute Gasteiger partial charge is 0.314 e. The molecule has 0 aliphatic carbocycles. The van der Waals surface area contributed by atoms with Crippen LogP contribution in [0, 0.1) is 0 Å². The summed E-state index contributed by atoms with van der Waals surface area (Å²) in [5.74, 6) is 0. The molecule has 1 atom stereocenters. The van der Waals surface area contributed by atoms with Crippen molar-refractivity contribution in [3.8, 4) is 0 Å². The number of nitrogens with one attached hydrogen (secondary N) is 2. The third-order valence-corrected chi connectivity index (χ3v) is 2.85. The number of hydrogen-bond donors (Lipinski definition) is 3. The van der Waals surface area contributed by atoms with Gasteiger partial charge in [0.05, 0.1) is 0 Å². The number of carbonyl (C=O) groups is 1. The van der Waals surface area contributed by atoms with Crippen LogP contribution in [-0.4, -0.2) is 36.3 Å². The molecule has 0 aliphatic rings. The Labute approximate surface area is 91.1 Å². The maximum Gasteiger partial charge on any atom is 0.314 e. The lowest BCUT2D eigenvalue weighted by Crippen LogP contribution is -2.39. The predicted molar refractivity (Wildman–Crippen MR) is 61.5 cm³/mol. The molecule has 0 aromatic heterocycles. The second-order valence-electron chi connectivity index (χ2n) is 4.04. The van der Waals surface area contributed by atoms with Crippen molar-refractivity contribution in [3.63, 3.8) is 0 Å². The molecule has 6 heteroatoms. The fraction of sp³-hybridized carbons (Fsp3) is 0.889. The second-order valence-corrected chi connectivity index (χ2v) is 6.59. The van der Waals surface area contributed by atoms with E-state index in [-0.39, 0.29) is 12.1 Å². The van der Waals surface area contributed by atoms with Gasteiger partial charge in [0.15, 0.2) is 7.37 Å². The zero-order valence-electron chi connectivity index (χ0n) is 9.62. The third kappa shape index (κ3) is 11.4. The molecule has 0 heterocycles. The third-order valence-electron chi connectivity index (χ3n) is 1.71. The average molecular weight is 236 g/mol. The van der Waals surface area contributed by atoms with Crippen LogP contribution in [0.15, 0.2) is 0 Å². The maximum absolute atomic E-state index is 11.1. The van der Waals surface area contributed by atoms with Crippen LogP contribution in [0.3, 0.4) is 0 Å². The Bertz CT molecular complexity index is 238. The first-order valence-corrected chi connectivity index (χ1v) is 7.44. The van der Waals surface area contributed by atoms with Gasteiger partial charge in [-0.2, -0.15) is 0 Å². The molecule has 1 unspecified atom stereocenters. The standard InChI is InChI=1S/C9H21N2O3P/c1-8(2)11-9(12)10-6-4-5-7-15(3,13)14/h8H,4-7H2,1-3H3,(H,13,14)(H2,10,11,12). The summed E-state index contributed by atoms with van der Waals surface area (Å²) in [6, 6.07) is -0.0630. The summed E-state index contributed by atoms with van der Waals surface area (Å²) in [4.78, 5) is 20.1. The van der Waals surface area contributed by atoms with E-state index in [0.29, 0.717) is 19.1 Å². The van der Waals surface area contributed by atoms with E-state index in [2.05, 4.69) is 10.6 Å². The van der Waals surface area contributed by atoms with E-state index < -0.39 is 7.37 Å². The Morgan fingerprint density at radius 3 is 2.47 bits per heavy atom. The van der Waals surface area contributed by atoms with Gasteiger partial charge in [0.2, 0.25) is 0 Å². The normalized spacial score (nSPS) is 14.7. The molecule has 0 bridgehead atoms. The highest BCUT2D eigenvalue weighted by Gasteiger charge is 2.08. The van der Waals surface area contributed by atoms with Crippen LogP contribution < -0.4 is 10.6 Å². The molecular formula is C9H21N2O3P. The topological polar surface area (TPSA) is 78.4 Å². The average Bonchev–Trinajstić information content (AvgIpc) is 1.99. The molecule has 0 aliphatic heterocycles. The van der Waals surface area contributed by atoms with E-state index >= 15 is 0 Å². The van der Waals surface area contributed by atoms with Gasteiger partial charge < -0.3 is 15.5 Å².